The monoisotopic (exact) mass is 385 g/mol. The molecule has 0 bridgehead atoms. The van der Waals surface area contributed by atoms with Gasteiger partial charge in [0.1, 0.15) is 18.9 Å². The molecule has 7 nitrogen and oxygen atoms in total. The van der Waals surface area contributed by atoms with Crippen LogP contribution in [0, 0.1) is 0 Å². The van der Waals surface area contributed by atoms with Crippen LogP contribution in [0.25, 0.3) is 0 Å². The van der Waals surface area contributed by atoms with Crippen LogP contribution >= 0.6 is 11.6 Å². The van der Waals surface area contributed by atoms with Gasteiger partial charge in [-0.1, -0.05) is 35.9 Å². The van der Waals surface area contributed by atoms with Gasteiger partial charge in [-0.3, -0.25) is 14.6 Å². The zero-order valence-electron chi connectivity index (χ0n) is 14.2. The van der Waals surface area contributed by atoms with Crippen LogP contribution in [-0.2, 0) is 19.8 Å². The molecule has 3 rings (SSSR count). The molecule has 1 aromatic carbocycles. The molecule has 0 spiro atoms. The van der Waals surface area contributed by atoms with E-state index in [9.17, 15) is 9.59 Å². The van der Waals surface area contributed by atoms with E-state index in [1.54, 1.807) is 36.4 Å². The van der Waals surface area contributed by atoms with Crippen molar-refractivity contribution >= 4 is 17.4 Å². The number of carbonyl (C=O) groups is 1. The average Bonchev–Trinajstić information content (AvgIpc) is 2.69. The minimum absolute atomic E-state index is 0.0948. The molecule has 27 heavy (non-hydrogen) atoms. The molecule has 0 amide bonds. The van der Waals surface area contributed by atoms with E-state index in [0.29, 0.717) is 21.8 Å². The van der Waals surface area contributed by atoms with Crippen LogP contribution < -0.4 is 10.3 Å². The van der Waals surface area contributed by atoms with Gasteiger partial charge < -0.3 is 9.84 Å². The third kappa shape index (κ3) is 4.99. The smallest absolute Gasteiger partial charge is 0.270 e. The van der Waals surface area contributed by atoms with Crippen molar-refractivity contribution in [3.05, 3.63) is 87.1 Å². The molecule has 0 atom stereocenters. The van der Waals surface area contributed by atoms with Gasteiger partial charge in [-0.2, -0.15) is 5.10 Å². The predicted molar refractivity (Wildman–Crippen MR) is 98.8 cm³/mol. The number of hydrogen-bond acceptors (Lipinski definition) is 6. The van der Waals surface area contributed by atoms with Crippen molar-refractivity contribution in [1.29, 1.82) is 0 Å². The molecule has 3 aromatic rings. The lowest BCUT2D eigenvalue weighted by Crippen LogP contribution is -2.26. The van der Waals surface area contributed by atoms with Gasteiger partial charge in [0.2, 0.25) is 0 Å². The van der Waals surface area contributed by atoms with Crippen LogP contribution in [0.15, 0.2) is 59.7 Å². The van der Waals surface area contributed by atoms with Crippen molar-refractivity contribution in [3.63, 3.8) is 0 Å². The first-order valence-electron chi connectivity index (χ1n) is 8.08. The minimum atomic E-state index is -0.447. The predicted octanol–water partition coefficient (Wildman–Crippen LogP) is 2.25. The molecule has 0 aliphatic heterocycles. The second kappa shape index (κ2) is 8.57. The molecule has 0 fully saturated rings. The lowest BCUT2D eigenvalue weighted by Gasteiger charge is -2.08. The van der Waals surface area contributed by atoms with Gasteiger partial charge in [-0.15, -0.1) is 0 Å². The number of hydrogen-bond donors (Lipinski definition) is 1. The number of nitrogens with zero attached hydrogens (tertiary/aromatic N) is 3. The summed E-state index contributed by atoms with van der Waals surface area (Å²) >= 11 is 5.77. The van der Waals surface area contributed by atoms with Gasteiger partial charge in [0.25, 0.3) is 5.56 Å². The van der Waals surface area contributed by atoms with Crippen LogP contribution in [0.5, 0.6) is 5.75 Å². The molecular formula is C19H16ClN3O4. The largest absolute Gasteiger partial charge is 0.485 e. The van der Waals surface area contributed by atoms with Crippen molar-refractivity contribution < 1.29 is 14.6 Å². The normalized spacial score (nSPS) is 10.6. The van der Waals surface area contributed by atoms with Gasteiger partial charge in [-0.25, -0.2) is 4.68 Å². The van der Waals surface area contributed by atoms with E-state index in [1.807, 2.05) is 0 Å². The fourth-order valence-corrected chi connectivity index (χ4v) is 2.40. The highest BCUT2D eigenvalue weighted by Crippen LogP contribution is 2.10. The quantitative estimate of drug-likeness (QED) is 0.627. The first kappa shape index (κ1) is 18.8. The number of aliphatic hydroxyl groups is 1. The van der Waals surface area contributed by atoms with Gasteiger partial charge in [0.15, 0.2) is 5.78 Å². The summed E-state index contributed by atoms with van der Waals surface area (Å²) < 4.78 is 6.56. The molecule has 2 heterocycles. The fourth-order valence-electron chi connectivity index (χ4n) is 2.29. The molecule has 0 aliphatic carbocycles. The molecule has 1 N–H and O–H groups in total. The van der Waals surface area contributed by atoms with Crippen molar-refractivity contribution in [2.24, 2.45) is 0 Å². The van der Waals surface area contributed by atoms with Gasteiger partial charge in [0, 0.05) is 17.8 Å². The molecule has 2 aromatic heterocycles. The summed E-state index contributed by atoms with van der Waals surface area (Å²) in [5.41, 5.74) is 1.36. The van der Waals surface area contributed by atoms with E-state index in [2.05, 4.69) is 10.1 Å². The zero-order valence-corrected chi connectivity index (χ0v) is 15.0. The summed E-state index contributed by atoms with van der Waals surface area (Å²) in [6, 6.07) is 11.2. The van der Waals surface area contributed by atoms with E-state index >= 15 is 0 Å². The number of ketones is 1. The Hall–Kier alpha value is -3.03. The molecular weight excluding hydrogens is 370 g/mol. The number of aromatic nitrogens is 3. The van der Waals surface area contributed by atoms with E-state index in [0.717, 1.165) is 4.68 Å². The van der Waals surface area contributed by atoms with Crippen molar-refractivity contribution in [2.45, 2.75) is 19.8 Å². The van der Waals surface area contributed by atoms with Crippen molar-refractivity contribution in [2.75, 3.05) is 0 Å². The Morgan fingerprint density at radius 3 is 2.56 bits per heavy atom. The molecule has 0 aliphatic rings. The molecule has 138 valence electrons. The number of halogens is 1. The summed E-state index contributed by atoms with van der Waals surface area (Å²) in [6.45, 7) is -0.114. The first-order chi connectivity index (χ1) is 13.0. The fraction of sp³-hybridized carbons (Fsp3) is 0.158. The van der Waals surface area contributed by atoms with Crippen LogP contribution in [0.4, 0.5) is 0 Å². The van der Waals surface area contributed by atoms with Crippen molar-refractivity contribution in [3.8, 4) is 5.75 Å². The number of rotatable bonds is 7. The van der Waals surface area contributed by atoms with E-state index in [4.69, 9.17) is 21.4 Å². The maximum atomic E-state index is 12.3. The summed E-state index contributed by atoms with van der Waals surface area (Å²) in [4.78, 5) is 28.5. The van der Waals surface area contributed by atoms with Crippen LogP contribution in [0.1, 0.15) is 21.6 Å². The van der Waals surface area contributed by atoms with E-state index < -0.39 is 5.56 Å². The van der Waals surface area contributed by atoms with E-state index in [-0.39, 0.29) is 31.3 Å². The lowest BCUT2D eigenvalue weighted by molar-refractivity contribution is 0.0965. The van der Waals surface area contributed by atoms with Crippen LogP contribution in [0.2, 0.25) is 5.02 Å². The molecule has 8 heteroatoms. The van der Waals surface area contributed by atoms with Gasteiger partial charge in [-0.05, 0) is 17.7 Å². The SMILES string of the molecule is O=C(Cn1ncc(OCc2ccc(Cl)cn2)cc1=O)c1ccc(CO)cc1. The molecule has 0 radical (unpaired) electrons. The highest BCUT2D eigenvalue weighted by atomic mass is 35.5. The third-order valence-electron chi connectivity index (χ3n) is 3.77. The second-order valence-electron chi connectivity index (χ2n) is 5.72. The minimum Gasteiger partial charge on any atom is -0.485 e. The van der Waals surface area contributed by atoms with E-state index in [1.165, 1.54) is 18.5 Å². The summed E-state index contributed by atoms with van der Waals surface area (Å²) in [5.74, 6) is 0.0286. The molecule has 0 saturated heterocycles. The standard InChI is InChI=1S/C19H16ClN3O4/c20-15-5-6-16(21-8-15)12-27-17-7-19(26)23(22-9-17)10-18(25)14-3-1-13(11-24)2-4-14/h1-9,24H,10-12H2. The maximum absolute atomic E-state index is 12.3. The number of ether oxygens (including phenoxy) is 1. The Balaban J connectivity index is 1.64. The number of aliphatic hydroxyl groups excluding tert-OH is 1. The van der Waals surface area contributed by atoms with Gasteiger partial charge >= 0.3 is 0 Å². The van der Waals surface area contributed by atoms with Gasteiger partial charge in [0.05, 0.1) is 23.5 Å². The summed E-state index contributed by atoms with van der Waals surface area (Å²) in [7, 11) is 0. The Kier molecular flexibility index (Phi) is 5.95. The number of carbonyl (C=O) groups excluding carboxylic acids is 1. The second-order valence-corrected chi connectivity index (χ2v) is 6.16. The number of Topliss-reactive ketones (excluding diaryl/α,β-unsaturated/α-hetero) is 1. The van der Waals surface area contributed by atoms with Crippen LogP contribution in [-0.4, -0.2) is 25.7 Å². The summed E-state index contributed by atoms with van der Waals surface area (Å²) in [6.07, 6.45) is 2.88. The number of benzene rings is 1. The zero-order chi connectivity index (χ0) is 19.2. The first-order valence-corrected chi connectivity index (χ1v) is 8.46. The highest BCUT2D eigenvalue weighted by molar-refractivity contribution is 6.30. The number of pyridine rings is 1. The average molecular weight is 386 g/mol. The van der Waals surface area contributed by atoms with Crippen LogP contribution in [0.3, 0.4) is 0 Å². The topological polar surface area (TPSA) is 94.3 Å². The Labute approximate surface area is 159 Å². The Morgan fingerprint density at radius 2 is 1.93 bits per heavy atom. The molecule has 0 unspecified atom stereocenters. The van der Waals surface area contributed by atoms with Crippen molar-refractivity contribution in [1.82, 2.24) is 14.8 Å². The Bertz CT molecular complexity index is 985. The maximum Gasteiger partial charge on any atom is 0.270 e. The lowest BCUT2D eigenvalue weighted by atomic mass is 10.1. The molecule has 0 saturated carbocycles. The summed E-state index contributed by atoms with van der Waals surface area (Å²) in [5, 5.41) is 13.5. The highest BCUT2D eigenvalue weighted by Gasteiger charge is 2.10. The Morgan fingerprint density at radius 1 is 1.15 bits per heavy atom. The third-order valence-corrected chi connectivity index (χ3v) is 4.00.